The number of carbonyl (C=O) groups is 1. The Kier molecular flexibility index (Phi) is 6.22. The van der Waals surface area contributed by atoms with Crippen molar-refractivity contribution in [3.8, 4) is 5.75 Å². The van der Waals surface area contributed by atoms with Crippen LogP contribution in [0.1, 0.15) is 26.2 Å². The van der Waals surface area contributed by atoms with Gasteiger partial charge in [-0.3, -0.25) is 4.79 Å². The van der Waals surface area contributed by atoms with Crippen LogP contribution in [0.25, 0.3) is 0 Å². The molecule has 0 saturated heterocycles. The molecule has 1 atom stereocenters. The summed E-state index contributed by atoms with van der Waals surface area (Å²) in [6, 6.07) is 7.32. The molecule has 0 aliphatic heterocycles. The average Bonchev–Trinajstić information content (AvgIpc) is 2.38. The number of amides is 1. The van der Waals surface area contributed by atoms with Crippen molar-refractivity contribution in [3.05, 3.63) is 24.3 Å². The SMILES string of the molecule is COc1ccc(NC(=O)CCC(C)CCN)cc1. The molecule has 1 rings (SSSR count). The zero-order valence-corrected chi connectivity index (χ0v) is 11.1. The first kappa shape index (κ1) is 14.5. The Morgan fingerprint density at radius 1 is 1.33 bits per heavy atom. The smallest absolute Gasteiger partial charge is 0.224 e. The van der Waals surface area contributed by atoms with Crippen LogP contribution in [0.5, 0.6) is 5.75 Å². The van der Waals surface area contributed by atoms with Gasteiger partial charge in [0.15, 0.2) is 0 Å². The van der Waals surface area contributed by atoms with Gasteiger partial charge in [-0.05, 0) is 49.6 Å². The van der Waals surface area contributed by atoms with Crippen LogP contribution in [0.15, 0.2) is 24.3 Å². The van der Waals surface area contributed by atoms with E-state index in [0.29, 0.717) is 18.9 Å². The number of benzene rings is 1. The van der Waals surface area contributed by atoms with Crippen molar-refractivity contribution in [2.24, 2.45) is 11.7 Å². The van der Waals surface area contributed by atoms with Gasteiger partial charge in [0.2, 0.25) is 5.91 Å². The predicted molar refractivity (Wildman–Crippen MR) is 73.7 cm³/mol. The molecular weight excluding hydrogens is 228 g/mol. The second-order valence-electron chi connectivity index (χ2n) is 4.50. The molecule has 0 aliphatic rings. The van der Waals surface area contributed by atoms with Crippen LogP contribution < -0.4 is 15.8 Å². The summed E-state index contributed by atoms with van der Waals surface area (Å²) in [6.07, 6.45) is 2.38. The van der Waals surface area contributed by atoms with Crippen LogP contribution >= 0.6 is 0 Å². The summed E-state index contributed by atoms with van der Waals surface area (Å²) >= 11 is 0. The molecule has 1 unspecified atom stereocenters. The van der Waals surface area contributed by atoms with E-state index in [0.717, 1.165) is 24.3 Å². The zero-order chi connectivity index (χ0) is 13.4. The van der Waals surface area contributed by atoms with Crippen molar-refractivity contribution < 1.29 is 9.53 Å². The van der Waals surface area contributed by atoms with E-state index in [2.05, 4.69) is 12.2 Å². The van der Waals surface area contributed by atoms with E-state index in [9.17, 15) is 4.79 Å². The van der Waals surface area contributed by atoms with E-state index in [1.165, 1.54) is 0 Å². The maximum atomic E-state index is 11.7. The first-order valence-electron chi connectivity index (χ1n) is 6.29. The third-order valence-corrected chi connectivity index (χ3v) is 2.90. The highest BCUT2D eigenvalue weighted by Gasteiger charge is 2.06. The Bertz CT molecular complexity index is 363. The Balaban J connectivity index is 2.35. The lowest BCUT2D eigenvalue weighted by atomic mass is 10.0. The van der Waals surface area contributed by atoms with Crippen LogP contribution in [-0.2, 0) is 4.79 Å². The van der Waals surface area contributed by atoms with E-state index >= 15 is 0 Å². The van der Waals surface area contributed by atoms with Gasteiger partial charge in [0.1, 0.15) is 5.75 Å². The summed E-state index contributed by atoms with van der Waals surface area (Å²) in [5.74, 6) is 1.32. The van der Waals surface area contributed by atoms with Crippen molar-refractivity contribution in [1.82, 2.24) is 0 Å². The van der Waals surface area contributed by atoms with E-state index in [4.69, 9.17) is 10.5 Å². The van der Waals surface area contributed by atoms with Gasteiger partial charge in [-0.15, -0.1) is 0 Å². The average molecular weight is 250 g/mol. The Morgan fingerprint density at radius 2 is 2.00 bits per heavy atom. The van der Waals surface area contributed by atoms with Crippen LogP contribution in [0.3, 0.4) is 0 Å². The molecule has 1 aromatic carbocycles. The van der Waals surface area contributed by atoms with E-state index in [-0.39, 0.29) is 5.91 Å². The second kappa shape index (κ2) is 7.71. The molecule has 0 saturated carbocycles. The third kappa shape index (κ3) is 5.19. The Labute approximate surface area is 109 Å². The van der Waals surface area contributed by atoms with Gasteiger partial charge in [-0.1, -0.05) is 6.92 Å². The molecule has 1 amide bonds. The van der Waals surface area contributed by atoms with Crippen molar-refractivity contribution in [2.45, 2.75) is 26.2 Å². The minimum atomic E-state index is 0.0454. The fourth-order valence-electron chi connectivity index (χ4n) is 1.70. The monoisotopic (exact) mass is 250 g/mol. The molecule has 0 spiro atoms. The number of nitrogens with one attached hydrogen (secondary N) is 1. The quantitative estimate of drug-likeness (QED) is 0.781. The summed E-state index contributed by atoms with van der Waals surface area (Å²) in [4.78, 5) is 11.7. The number of methoxy groups -OCH3 is 1. The van der Waals surface area contributed by atoms with Gasteiger partial charge in [-0.25, -0.2) is 0 Å². The molecule has 4 nitrogen and oxygen atoms in total. The fourth-order valence-corrected chi connectivity index (χ4v) is 1.70. The standard InChI is InChI=1S/C14H22N2O2/c1-11(9-10-15)3-8-14(17)16-12-4-6-13(18-2)7-5-12/h4-7,11H,3,8-10,15H2,1-2H3,(H,16,17). The number of carbonyl (C=O) groups excluding carboxylic acids is 1. The molecule has 18 heavy (non-hydrogen) atoms. The van der Waals surface area contributed by atoms with Gasteiger partial charge >= 0.3 is 0 Å². The number of anilines is 1. The lowest BCUT2D eigenvalue weighted by molar-refractivity contribution is -0.116. The summed E-state index contributed by atoms with van der Waals surface area (Å²) in [5.41, 5.74) is 6.27. The molecular formula is C14H22N2O2. The minimum absolute atomic E-state index is 0.0454. The second-order valence-corrected chi connectivity index (χ2v) is 4.50. The molecule has 0 heterocycles. The van der Waals surface area contributed by atoms with Crippen LogP contribution in [0.2, 0.25) is 0 Å². The van der Waals surface area contributed by atoms with E-state index < -0.39 is 0 Å². The van der Waals surface area contributed by atoms with Crippen molar-refractivity contribution in [2.75, 3.05) is 19.0 Å². The first-order chi connectivity index (χ1) is 8.65. The molecule has 1 aromatic rings. The first-order valence-corrected chi connectivity index (χ1v) is 6.29. The highest BCUT2D eigenvalue weighted by atomic mass is 16.5. The molecule has 4 heteroatoms. The van der Waals surface area contributed by atoms with Crippen LogP contribution in [0.4, 0.5) is 5.69 Å². The number of nitrogens with two attached hydrogens (primary N) is 1. The Hall–Kier alpha value is -1.55. The third-order valence-electron chi connectivity index (χ3n) is 2.90. The van der Waals surface area contributed by atoms with Gasteiger partial charge < -0.3 is 15.8 Å². The Morgan fingerprint density at radius 3 is 2.56 bits per heavy atom. The zero-order valence-electron chi connectivity index (χ0n) is 11.1. The van der Waals surface area contributed by atoms with Gasteiger partial charge in [-0.2, -0.15) is 0 Å². The molecule has 0 radical (unpaired) electrons. The van der Waals surface area contributed by atoms with Gasteiger partial charge in [0.05, 0.1) is 7.11 Å². The van der Waals surface area contributed by atoms with Crippen LogP contribution in [0, 0.1) is 5.92 Å². The predicted octanol–water partition coefficient (Wildman–Crippen LogP) is 2.40. The number of rotatable bonds is 7. The minimum Gasteiger partial charge on any atom is -0.497 e. The lowest BCUT2D eigenvalue weighted by Gasteiger charge is -2.10. The molecule has 0 fully saturated rings. The highest BCUT2D eigenvalue weighted by molar-refractivity contribution is 5.90. The molecule has 0 aliphatic carbocycles. The van der Waals surface area contributed by atoms with Gasteiger partial charge in [0.25, 0.3) is 0 Å². The summed E-state index contributed by atoms with van der Waals surface area (Å²) in [5, 5.41) is 2.86. The molecule has 0 aromatic heterocycles. The van der Waals surface area contributed by atoms with Crippen molar-refractivity contribution >= 4 is 11.6 Å². The molecule has 3 N–H and O–H groups in total. The summed E-state index contributed by atoms with van der Waals surface area (Å²) in [6.45, 7) is 2.80. The van der Waals surface area contributed by atoms with E-state index in [1.54, 1.807) is 7.11 Å². The van der Waals surface area contributed by atoms with E-state index in [1.807, 2.05) is 24.3 Å². The maximum Gasteiger partial charge on any atom is 0.224 e. The summed E-state index contributed by atoms with van der Waals surface area (Å²) in [7, 11) is 1.62. The van der Waals surface area contributed by atoms with Crippen molar-refractivity contribution in [3.63, 3.8) is 0 Å². The highest BCUT2D eigenvalue weighted by Crippen LogP contribution is 2.16. The van der Waals surface area contributed by atoms with Crippen molar-refractivity contribution in [1.29, 1.82) is 0 Å². The summed E-state index contributed by atoms with van der Waals surface area (Å²) < 4.78 is 5.06. The fraction of sp³-hybridized carbons (Fsp3) is 0.500. The number of ether oxygens (including phenoxy) is 1. The number of hydrogen-bond acceptors (Lipinski definition) is 3. The van der Waals surface area contributed by atoms with Crippen LogP contribution in [-0.4, -0.2) is 19.6 Å². The topological polar surface area (TPSA) is 64.3 Å². The molecule has 0 bridgehead atoms. The molecule has 100 valence electrons. The maximum absolute atomic E-state index is 11.7. The largest absolute Gasteiger partial charge is 0.497 e. The normalized spacial score (nSPS) is 11.9. The van der Waals surface area contributed by atoms with Gasteiger partial charge in [0, 0.05) is 12.1 Å². The number of hydrogen-bond donors (Lipinski definition) is 2. The lowest BCUT2D eigenvalue weighted by Crippen LogP contribution is -2.14.